The molecular weight excluding hydrogens is 547 g/mol. The molecular formula is C22H19BrF3N7O3. The van der Waals surface area contributed by atoms with Crippen LogP contribution in [0.25, 0.3) is 16.6 Å². The summed E-state index contributed by atoms with van der Waals surface area (Å²) in [7, 11) is 0. The lowest BCUT2D eigenvalue weighted by Gasteiger charge is -2.25. The number of carbonyl (C=O) groups is 1. The Morgan fingerprint density at radius 2 is 1.78 bits per heavy atom. The number of hydrogen-bond donors (Lipinski definition) is 2. The zero-order chi connectivity index (χ0) is 25.7. The molecule has 0 bridgehead atoms. The summed E-state index contributed by atoms with van der Waals surface area (Å²) in [5, 5.41) is 15.9. The van der Waals surface area contributed by atoms with E-state index in [0.29, 0.717) is 19.2 Å². The fraction of sp³-hybridized carbons (Fsp3) is 0.227. The number of benzene rings is 2. The van der Waals surface area contributed by atoms with Gasteiger partial charge in [0.05, 0.1) is 24.4 Å². The molecule has 5 rings (SSSR count). The molecule has 0 radical (unpaired) electrons. The number of carboxylic acids is 1. The van der Waals surface area contributed by atoms with Crippen LogP contribution in [0.1, 0.15) is 0 Å². The van der Waals surface area contributed by atoms with Crippen LogP contribution in [0.5, 0.6) is 0 Å². The smallest absolute Gasteiger partial charge is 0.475 e. The van der Waals surface area contributed by atoms with E-state index in [1.807, 2.05) is 48.7 Å². The standard InChI is InChI=1S/C20H18BrN7O.C2HF3O2/c21-17-2-1-3-18-16(17)12-22-19(25-18)24-14-4-6-15(7-5-14)28-13-23-20(26-28)27-8-10-29-11-9-27;3-2(4,5)1(6)7/h1-7,12-13H,8-11H2,(H,22,24,25);(H,6,7). The molecule has 3 heterocycles. The molecule has 0 saturated carbocycles. The average molecular weight is 566 g/mol. The lowest BCUT2D eigenvalue weighted by molar-refractivity contribution is -0.192. The third-order valence-corrected chi connectivity index (χ3v) is 5.67. The summed E-state index contributed by atoms with van der Waals surface area (Å²) in [4.78, 5) is 24.4. The Kier molecular flexibility index (Phi) is 7.64. The highest BCUT2D eigenvalue weighted by atomic mass is 79.9. The Bertz CT molecular complexity index is 1340. The van der Waals surface area contributed by atoms with E-state index in [-0.39, 0.29) is 0 Å². The van der Waals surface area contributed by atoms with Crippen molar-refractivity contribution in [2.45, 2.75) is 6.18 Å². The molecule has 0 atom stereocenters. The SMILES string of the molecule is Brc1cccc2nc(Nc3ccc(-n4cnc(N5CCOCC5)n4)cc3)ncc12.O=C(O)C(F)(F)F. The van der Waals surface area contributed by atoms with Crippen LogP contribution >= 0.6 is 15.9 Å². The molecule has 4 aromatic rings. The number of hydrogen-bond acceptors (Lipinski definition) is 8. The van der Waals surface area contributed by atoms with E-state index in [9.17, 15) is 13.2 Å². The summed E-state index contributed by atoms with van der Waals surface area (Å²) in [6.07, 6.45) is -1.54. The van der Waals surface area contributed by atoms with Crippen molar-refractivity contribution in [3.05, 3.63) is 59.5 Å². The predicted octanol–water partition coefficient (Wildman–Crippen LogP) is 4.19. The number of ether oxygens (including phenoxy) is 1. The van der Waals surface area contributed by atoms with Crippen molar-refractivity contribution in [2.75, 3.05) is 36.5 Å². The fourth-order valence-corrected chi connectivity index (χ4v) is 3.65. The van der Waals surface area contributed by atoms with E-state index in [1.165, 1.54) is 0 Å². The van der Waals surface area contributed by atoms with Crippen molar-refractivity contribution >= 4 is 50.4 Å². The number of nitrogens with one attached hydrogen (secondary N) is 1. The average Bonchev–Trinajstić information content (AvgIpc) is 3.35. The number of fused-ring (bicyclic) bond motifs is 1. The van der Waals surface area contributed by atoms with Crippen molar-refractivity contribution < 1.29 is 27.8 Å². The van der Waals surface area contributed by atoms with E-state index < -0.39 is 12.1 Å². The number of morpholine rings is 1. The van der Waals surface area contributed by atoms with Gasteiger partial charge in [-0.25, -0.2) is 19.4 Å². The van der Waals surface area contributed by atoms with Crippen LogP contribution in [0.3, 0.4) is 0 Å². The molecule has 2 N–H and O–H groups in total. The van der Waals surface area contributed by atoms with Gasteiger partial charge in [-0.2, -0.15) is 18.2 Å². The predicted molar refractivity (Wildman–Crippen MR) is 129 cm³/mol. The summed E-state index contributed by atoms with van der Waals surface area (Å²) in [5.41, 5.74) is 2.72. The van der Waals surface area contributed by atoms with Gasteiger partial charge in [0.1, 0.15) is 6.33 Å². The highest BCUT2D eigenvalue weighted by Gasteiger charge is 2.38. The number of carboxylic acid groups (broad SMARTS) is 1. The van der Waals surface area contributed by atoms with Crippen LogP contribution in [0.15, 0.2) is 59.5 Å². The first-order valence-electron chi connectivity index (χ1n) is 10.5. The van der Waals surface area contributed by atoms with E-state index in [0.717, 1.165) is 45.8 Å². The number of nitrogens with zero attached hydrogens (tertiary/aromatic N) is 6. The quantitative estimate of drug-likeness (QED) is 0.375. The molecule has 1 fully saturated rings. The van der Waals surface area contributed by atoms with Crippen molar-refractivity contribution in [1.82, 2.24) is 24.7 Å². The Morgan fingerprint density at radius 3 is 2.44 bits per heavy atom. The monoisotopic (exact) mass is 565 g/mol. The van der Waals surface area contributed by atoms with Gasteiger partial charge in [0.2, 0.25) is 11.9 Å². The van der Waals surface area contributed by atoms with Gasteiger partial charge < -0.3 is 20.1 Å². The largest absolute Gasteiger partial charge is 0.490 e. The highest BCUT2D eigenvalue weighted by Crippen LogP contribution is 2.24. The van der Waals surface area contributed by atoms with Crippen LogP contribution in [0.2, 0.25) is 0 Å². The highest BCUT2D eigenvalue weighted by molar-refractivity contribution is 9.10. The molecule has 1 aliphatic rings. The summed E-state index contributed by atoms with van der Waals surface area (Å²) < 4.78 is 39.9. The second-order valence-corrected chi connectivity index (χ2v) is 8.28. The normalized spacial score (nSPS) is 13.7. The molecule has 1 saturated heterocycles. The molecule has 0 spiro atoms. The van der Waals surface area contributed by atoms with Crippen LogP contribution < -0.4 is 10.2 Å². The fourth-order valence-electron chi connectivity index (χ4n) is 3.19. The van der Waals surface area contributed by atoms with Crippen molar-refractivity contribution in [1.29, 1.82) is 0 Å². The zero-order valence-corrected chi connectivity index (χ0v) is 20.1. The summed E-state index contributed by atoms with van der Waals surface area (Å²) in [6.45, 7) is 3.05. The van der Waals surface area contributed by atoms with Crippen molar-refractivity contribution in [3.63, 3.8) is 0 Å². The summed E-state index contributed by atoms with van der Waals surface area (Å²) in [5.74, 6) is -1.47. The molecule has 1 aliphatic heterocycles. The van der Waals surface area contributed by atoms with Crippen LogP contribution in [0.4, 0.5) is 30.8 Å². The minimum atomic E-state index is -5.08. The Hall–Kier alpha value is -3.78. The first kappa shape index (κ1) is 25.3. The second kappa shape index (κ2) is 10.9. The van der Waals surface area contributed by atoms with Gasteiger partial charge in [0, 0.05) is 34.8 Å². The minimum Gasteiger partial charge on any atom is -0.475 e. The lowest BCUT2D eigenvalue weighted by Crippen LogP contribution is -2.37. The van der Waals surface area contributed by atoms with Gasteiger partial charge in [0.15, 0.2) is 0 Å². The summed E-state index contributed by atoms with van der Waals surface area (Å²) in [6, 6.07) is 13.8. The van der Waals surface area contributed by atoms with E-state index in [1.54, 1.807) is 11.0 Å². The number of halogens is 4. The molecule has 0 amide bonds. The minimum absolute atomic E-state index is 0.554. The van der Waals surface area contributed by atoms with Gasteiger partial charge in [-0.1, -0.05) is 22.0 Å². The van der Waals surface area contributed by atoms with Gasteiger partial charge in [-0.05, 0) is 36.4 Å². The first-order chi connectivity index (χ1) is 17.2. The molecule has 0 unspecified atom stereocenters. The molecule has 10 nitrogen and oxygen atoms in total. The Morgan fingerprint density at radius 1 is 1.08 bits per heavy atom. The second-order valence-electron chi connectivity index (χ2n) is 7.43. The van der Waals surface area contributed by atoms with E-state index >= 15 is 0 Å². The first-order valence-corrected chi connectivity index (χ1v) is 11.3. The lowest BCUT2D eigenvalue weighted by atomic mass is 10.2. The third kappa shape index (κ3) is 6.26. The van der Waals surface area contributed by atoms with Crippen LogP contribution in [0, 0.1) is 0 Å². The van der Waals surface area contributed by atoms with Crippen LogP contribution in [-0.4, -0.2) is 68.3 Å². The van der Waals surface area contributed by atoms with E-state index in [2.05, 4.69) is 46.2 Å². The topological polar surface area (TPSA) is 118 Å². The zero-order valence-electron chi connectivity index (χ0n) is 18.5. The Balaban J connectivity index is 0.000000384. The van der Waals surface area contributed by atoms with Crippen LogP contribution in [-0.2, 0) is 9.53 Å². The maximum absolute atomic E-state index is 10.6. The molecule has 188 valence electrons. The molecule has 36 heavy (non-hydrogen) atoms. The van der Waals surface area contributed by atoms with Gasteiger partial charge >= 0.3 is 12.1 Å². The maximum Gasteiger partial charge on any atom is 0.490 e. The van der Waals surface area contributed by atoms with Crippen molar-refractivity contribution in [3.8, 4) is 5.69 Å². The number of alkyl halides is 3. The van der Waals surface area contributed by atoms with Gasteiger partial charge in [-0.15, -0.1) is 5.10 Å². The van der Waals surface area contributed by atoms with E-state index in [4.69, 9.17) is 14.6 Å². The molecule has 2 aromatic carbocycles. The van der Waals surface area contributed by atoms with Gasteiger partial charge in [0.25, 0.3) is 0 Å². The summed E-state index contributed by atoms with van der Waals surface area (Å²) >= 11 is 3.52. The van der Waals surface area contributed by atoms with Crippen molar-refractivity contribution in [2.24, 2.45) is 0 Å². The Labute approximate surface area is 210 Å². The number of rotatable bonds is 4. The van der Waals surface area contributed by atoms with Gasteiger partial charge in [-0.3, -0.25) is 0 Å². The number of anilines is 3. The molecule has 0 aliphatic carbocycles. The maximum atomic E-state index is 10.6. The number of aliphatic carboxylic acids is 1. The third-order valence-electron chi connectivity index (χ3n) is 4.98. The molecule has 14 heteroatoms. The number of aromatic nitrogens is 5. The molecule has 2 aromatic heterocycles.